The van der Waals surface area contributed by atoms with Crippen LogP contribution in [0.3, 0.4) is 0 Å². The summed E-state index contributed by atoms with van der Waals surface area (Å²) in [5.74, 6) is -0.950. The Balaban J connectivity index is 1.32. The molecule has 172 valence electrons. The van der Waals surface area contributed by atoms with Crippen molar-refractivity contribution >= 4 is 28.7 Å². The molecule has 5 heteroatoms. The Morgan fingerprint density at radius 2 is 1.60 bits per heavy atom. The first kappa shape index (κ1) is 22.2. The number of carboxylic acid groups (broad SMARTS) is 1. The van der Waals surface area contributed by atoms with Crippen LogP contribution in [0.25, 0.3) is 28.1 Å². The molecule has 5 rings (SSSR count). The Morgan fingerprint density at radius 1 is 0.857 bits per heavy atom. The molecule has 0 saturated heterocycles. The van der Waals surface area contributed by atoms with E-state index in [9.17, 15) is 14.7 Å². The van der Waals surface area contributed by atoms with Crippen LogP contribution in [0.4, 0.5) is 0 Å². The molecule has 0 aliphatic carbocycles. The highest BCUT2D eigenvalue weighted by Gasteiger charge is 2.18. The average molecular weight is 461 g/mol. The molecule has 3 aromatic carbocycles. The van der Waals surface area contributed by atoms with Crippen LogP contribution in [0.15, 0.2) is 103 Å². The number of hydrogen-bond donors (Lipinski definition) is 1. The van der Waals surface area contributed by atoms with E-state index in [-0.39, 0.29) is 11.3 Å². The molecule has 0 fully saturated rings. The lowest BCUT2D eigenvalue weighted by atomic mass is 9.99. The van der Waals surface area contributed by atoms with E-state index in [1.165, 1.54) is 0 Å². The Hall–Kier alpha value is -4.64. The molecule has 1 N–H and O–H groups in total. The van der Waals surface area contributed by atoms with Gasteiger partial charge in [0.15, 0.2) is 0 Å². The van der Waals surface area contributed by atoms with Crippen molar-refractivity contribution in [3.63, 3.8) is 0 Å². The lowest BCUT2D eigenvalue weighted by molar-refractivity contribution is 0.0697. The minimum absolute atomic E-state index is 0.0106. The maximum Gasteiger partial charge on any atom is 0.336 e. The molecule has 0 spiro atoms. The number of carbonyl (C=O) groups is 2. The summed E-state index contributed by atoms with van der Waals surface area (Å²) in [5, 5.41) is 10.5. The number of nitrogens with zero attached hydrogens (tertiary/aromatic N) is 2. The van der Waals surface area contributed by atoms with E-state index in [4.69, 9.17) is 0 Å². The van der Waals surface area contributed by atoms with Crippen molar-refractivity contribution in [2.45, 2.75) is 6.54 Å². The summed E-state index contributed by atoms with van der Waals surface area (Å²) >= 11 is 0. The molecule has 0 radical (unpaired) electrons. The molecular weight excluding hydrogens is 436 g/mol. The third-order valence-corrected chi connectivity index (χ3v) is 6.24. The van der Waals surface area contributed by atoms with Crippen molar-refractivity contribution in [3.8, 4) is 11.1 Å². The van der Waals surface area contributed by atoms with Crippen molar-refractivity contribution in [2.24, 2.45) is 7.05 Å². The third-order valence-electron chi connectivity index (χ3n) is 6.24. The number of aromatic nitrogens is 2. The first-order chi connectivity index (χ1) is 17.0. The number of allylic oxidation sites excluding steroid dienone is 1. The van der Waals surface area contributed by atoms with Gasteiger partial charge < -0.3 is 14.2 Å². The number of aromatic carboxylic acids is 1. The number of hydrogen-bond acceptors (Lipinski definition) is 2. The molecule has 2 aromatic heterocycles. The van der Waals surface area contributed by atoms with Crippen molar-refractivity contribution in [1.82, 2.24) is 9.13 Å². The molecule has 5 aromatic rings. The fourth-order valence-electron chi connectivity index (χ4n) is 4.41. The topological polar surface area (TPSA) is 64.2 Å². The highest BCUT2D eigenvalue weighted by Crippen LogP contribution is 2.25. The van der Waals surface area contributed by atoms with Gasteiger partial charge in [0.2, 0.25) is 5.78 Å². The molecule has 0 amide bonds. The van der Waals surface area contributed by atoms with Gasteiger partial charge in [-0.2, -0.15) is 0 Å². The standard InChI is InChI=1S/C30H24N2O3/c1-31-26-12-5-2-9-23(26)20-28(31)29(33)27-13-7-19-32(27)18-6-8-21-14-16-22(17-15-21)24-10-3-4-11-25(24)30(34)35/h2-17,19-20H,18H2,1H3,(H,34,35)/b8-6+. The number of aryl methyl sites for hydroxylation is 1. The highest BCUT2D eigenvalue weighted by atomic mass is 16.4. The van der Waals surface area contributed by atoms with Crippen LogP contribution in [0.5, 0.6) is 0 Å². The van der Waals surface area contributed by atoms with Gasteiger partial charge in [0.1, 0.15) is 0 Å². The molecule has 0 aliphatic heterocycles. The van der Waals surface area contributed by atoms with E-state index < -0.39 is 5.97 Å². The zero-order valence-corrected chi connectivity index (χ0v) is 19.3. The maximum absolute atomic E-state index is 13.3. The molecule has 5 nitrogen and oxygen atoms in total. The van der Waals surface area contributed by atoms with Gasteiger partial charge in [-0.15, -0.1) is 0 Å². The lowest BCUT2D eigenvalue weighted by Gasteiger charge is -2.08. The summed E-state index contributed by atoms with van der Waals surface area (Å²) in [5.41, 5.74) is 5.16. The van der Waals surface area contributed by atoms with Crippen LogP contribution in [0.1, 0.15) is 32.1 Å². The minimum atomic E-state index is -0.940. The number of para-hydroxylation sites is 1. The van der Waals surface area contributed by atoms with Gasteiger partial charge in [0.25, 0.3) is 0 Å². The summed E-state index contributed by atoms with van der Waals surface area (Å²) in [6.07, 6.45) is 5.92. The van der Waals surface area contributed by atoms with Crippen molar-refractivity contribution in [3.05, 3.63) is 126 Å². The quantitative estimate of drug-likeness (QED) is 0.290. The van der Waals surface area contributed by atoms with Gasteiger partial charge in [-0.25, -0.2) is 4.79 Å². The molecule has 0 unspecified atom stereocenters. The van der Waals surface area contributed by atoms with E-state index in [0.717, 1.165) is 22.0 Å². The minimum Gasteiger partial charge on any atom is -0.478 e. The summed E-state index contributed by atoms with van der Waals surface area (Å²) < 4.78 is 3.88. The Kier molecular flexibility index (Phi) is 5.90. The molecule has 0 bridgehead atoms. The maximum atomic E-state index is 13.3. The van der Waals surface area contributed by atoms with Crippen LogP contribution in [0.2, 0.25) is 0 Å². The van der Waals surface area contributed by atoms with Crippen LogP contribution >= 0.6 is 0 Å². The fraction of sp³-hybridized carbons (Fsp3) is 0.0667. The zero-order valence-electron chi connectivity index (χ0n) is 19.3. The van der Waals surface area contributed by atoms with Gasteiger partial charge in [-0.1, -0.05) is 72.8 Å². The van der Waals surface area contributed by atoms with Crippen LogP contribution in [-0.2, 0) is 13.6 Å². The number of fused-ring (bicyclic) bond motifs is 1. The average Bonchev–Trinajstić information content (AvgIpc) is 3.49. The molecule has 2 heterocycles. The van der Waals surface area contributed by atoms with Gasteiger partial charge >= 0.3 is 5.97 Å². The first-order valence-electron chi connectivity index (χ1n) is 11.4. The number of carbonyl (C=O) groups excluding carboxylic acids is 1. The largest absolute Gasteiger partial charge is 0.478 e. The second kappa shape index (κ2) is 9.31. The van der Waals surface area contributed by atoms with E-state index in [0.29, 0.717) is 23.5 Å². The highest BCUT2D eigenvalue weighted by molar-refractivity contribution is 6.09. The first-order valence-corrected chi connectivity index (χ1v) is 11.4. The Morgan fingerprint density at radius 3 is 2.37 bits per heavy atom. The molecule has 0 atom stereocenters. The van der Waals surface area contributed by atoms with Crippen molar-refractivity contribution in [1.29, 1.82) is 0 Å². The zero-order chi connectivity index (χ0) is 24.4. The molecule has 0 saturated carbocycles. The monoisotopic (exact) mass is 460 g/mol. The van der Waals surface area contributed by atoms with Gasteiger partial charge in [-0.3, -0.25) is 4.79 Å². The summed E-state index contributed by atoms with van der Waals surface area (Å²) in [4.78, 5) is 24.8. The van der Waals surface area contributed by atoms with Crippen molar-refractivity contribution < 1.29 is 14.7 Å². The van der Waals surface area contributed by atoms with E-state index in [1.54, 1.807) is 12.1 Å². The second-order valence-corrected chi connectivity index (χ2v) is 8.40. The molecule has 35 heavy (non-hydrogen) atoms. The summed E-state index contributed by atoms with van der Waals surface area (Å²) in [7, 11) is 1.92. The van der Waals surface area contributed by atoms with E-state index in [1.807, 2.05) is 113 Å². The number of carboxylic acids is 1. The fourth-order valence-corrected chi connectivity index (χ4v) is 4.41. The van der Waals surface area contributed by atoms with Crippen LogP contribution < -0.4 is 0 Å². The second-order valence-electron chi connectivity index (χ2n) is 8.40. The van der Waals surface area contributed by atoms with Gasteiger partial charge in [0.05, 0.1) is 17.0 Å². The Bertz CT molecular complexity index is 1570. The van der Waals surface area contributed by atoms with Crippen LogP contribution in [0, 0.1) is 0 Å². The normalized spacial score (nSPS) is 11.3. The summed E-state index contributed by atoms with van der Waals surface area (Å²) in [6, 6.07) is 28.4. The van der Waals surface area contributed by atoms with Crippen molar-refractivity contribution in [2.75, 3.05) is 0 Å². The van der Waals surface area contributed by atoms with E-state index >= 15 is 0 Å². The molecule has 0 aliphatic rings. The number of ketones is 1. The predicted octanol–water partition coefficient (Wildman–Crippen LogP) is 6.29. The Labute approximate surface area is 203 Å². The predicted molar refractivity (Wildman–Crippen MR) is 139 cm³/mol. The third kappa shape index (κ3) is 4.32. The SMILES string of the molecule is Cn1c(C(=O)c2cccn2C/C=C/c2ccc(-c3ccccc3C(=O)O)cc2)cc2ccccc21. The number of rotatable bonds is 7. The lowest BCUT2D eigenvalue weighted by Crippen LogP contribution is -2.12. The van der Waals surface area contributed by atoms with E-state index in [2.05, 4.69) is 0 Å². The molecular formula is C30H24N2O3. The number of benzene rings is 3. The van der Waals surface area contributed by atoms with Gasteiger partial charge in [-0.05, 0) is 47.0 Å². The smallest absolute Gasteiger partial charge is 0.336 e. The summed E-state index contributed by atoms with van der Waals surface area (Å²) in [6.45, 7) is 0.557. The van der Waals surface area contributed by atoms with Gasteiger partial charge in [0, 0.05) is 30.7 Å². The van der Waals surface area contributed by atoms with Crippen LogP contribution in [-0.4, -0.2) is 26.0 Å².